The molecule has 2 heterocycles. The van der Waals surface area contributed by atoms with Gasteiger partial charge in [-0.2, -0.15) is 13.2 Å². The highest BCUT2D eigenvalue weighted by atomic mass is 19.4. The summed E-state index contributed by atoms with van der Waals surface area (Å²) in [7, 11) is 0. The molecule has 0 spiro atoms. The summed E-state index contributed by atoms with van der Waals surface area (Å²) in [6.45, 7) is 5.72. The van der Waals surface area contributed by atoms with Crippen LogP contribution in [0.4, 0.5) is 22.0 Å². The van der Waals surface area contributed by atoms with Crippen molar-refractivity contribution in [2.45, 2.75) is 45.3 Å². The maximum absolute atomic E-state index is 13.5. The topological polar surface area (TPSA) is 61.0 Å². The molecule has 0 unspecified atom stereocenters. The van der Waals surface area contributed by atoms with E-state index in [0.29, 0.717) is 12.3 Å². The Morgan fingerprint density at radius 3 is 2.39 bits per heavy atom. The van der Waals surface area contributed by atoms with Gasteiger partial charge in [0.05, 0.1) is 5.69 Å². The van der Waals surface area contributed by atoms with Gasteiger partial charge in [-0.25, -0.2) is 13.8 Å². The fourth-order valence-corrected chi connectivity index (χ4v) is 2.88. The monoisotopic (exact) mass is 403 g/mol. The van der Waals surface area contributed by atoms with Crippen molar-refractivity contribution in [1.82, 2.24) is 9.97 Å². The Morgan fingerprint density at radius 2 is 1.82 bits per heavy atom. The molecule has 0 saturated carbocycles. The normalized spacial score (nSPS) is 14.4. The molecule has 0 bridgehead atoms. The third kappa shape index (κ3) is 5.85. The Kier molecular flexibility index (Phi) is 6.59. The van der Waals surface area contributed by atoms with E-state index in [2.05, 4.69) is 9.97 Å². The predicted molar refractivity (Wildman–Crippen MR) is 95.0 cm³/mol. The summed E-state index contributed by atoms with van der Waals surface area (Å²) >= 11 is 0. The van der Waals surface area contributed by atoms with E-state index in [-0.39, 0.29) is 23.6 Å². The minimum atomic E-state index is -4.65. The summed E-state index contributed by atoms with van der Waals surface area (Å²) in [5.41, 5.74) is 3.62. The smallest absolute Gasteiger partial charge is 0.433 e. The molecule has 9 heteroatoms. The van der Waals surface area contributed by atoms with Crippen LogP contribution >= 0.6 is 0 Å². The zero-order valence-corrected chi connectivity index (χ0v) is 15.7. The summed E-state index contributed by atoms with van der Waals surface area (Å²) < 4.78 is 70.9. The molecule has 0 radical (unpaired) electrons. The Balaban J connectivity index is 2.31. The predicted octanol–water partition coefficient (Wildman–Crippen LogP) is 5.24. The van der Waals surface area contributed by atoms with Crippen molar-refractivity contribution in [3.05, 3.63) is 41.9 Å². The second-order valence-electron chi connectivity index (χ2n) is 7.35. The zero-order valence-electron chi connectivity index (χ0n) is 15.7. The molecule has 0 aromatic carbocycles. The Bertz CT molecular complexity index is 806. The second-order valence-corrected chi connectivity index (χ2v) is 7.35. The second kappa shape index (κ2) is 8.38. The first kappa shape index (κ1) is 22.0. The molecular formula is C19H22F5N3O. The van der Waals surface area contributed by atoms with E-state index in [9.17, 15) is 22.0 Å². The molecule has 0 aliphatic carbocycles. The molecular weight excluding hydrogens is 381 g/mol. The molecule has 0 aliphatic rings. The molecule has 0 saturated heterocycles. The maximum Gasteiger partial charge on any atom is 0.433 e. The highest BCUT2D eigenvalue weighted by Crippen LogP contribution is 2.33. The van der Waals surface area contributed by atoms with Gasteiger partial charge in [0.1, 0.15) is 23.7 Å². The van der Waals surface area contributed by atoms with E-state index in [1.807, 2.05) is 13.8 Å². The lowest BCUT2D eigenvalue weighted by molar-refractivity contribution is -0.141. The summed E-state index contributed by atoms with van der Waals surface area (Å²) in [5.74, 6) is 0.146. The van der Waals surface area contributed by atoms with Gasteiger partial charge < -0.3 is 10.5 Å². The number of ether oxygens (including phenoxy) is 1. The van der Waals surface area contributed by atoms with Crippen molar-refractivity contribution < 1.29 is 26.7 Å². The summed E-state index contributed by atoms with van der Waals surface area (Å²) in [4.78, 5) is 7.07. The van der Waals surface area contributed by atoms with Crippen molar-refractivity contribution in [2.75, 3.05) is 6.61 Å². The van der Waals surface area contributed by atoms with Crippen LogP contribution in [0.15, 0.2) is 30.5 Å². The third-order valence-corrected chi connectivity index (χ3v) is 3.87. The summed E-state index contributed by atoms with van der Waals surface area (Å²) in [6, 6.07) is 4.63. The lowest BCUT2D eigenvalue weighted by Gasteiger charge is -2.27. The molecule has 2 aromatic rings. The molecule has 1 atom stereocenters. The first-order chi connectivity index (χ1) is 12.9. The first-order valence-corrected chi connectivity index (χ1v) is 8.63. The average molecular weight is 403 g/mol. The average Bonchev–Trinajstić information content (AvgIpc) is 2.58. The highest BCUT2D eigenvalue weighted by Gasteiger charge is 2.32. The number of hydrogen-bond acceptors (Lipinski definition) is 4. The Hall–Kier alpha value is -2.29. The van der Waals surface area contributed by atoms with E-state index in [0.717, 1.165) is 12.3 Å². The van der Waals surface area contributed by atoms with Crippen LogP contribution in [0.1, 0.15) is 45.0 Å². The number of halogens is 5. The van der Waals surface area contributed by atoms with Gasteiger partial charge >= 0.3 is 6.18 Å². The molecule has 0 amide bonds. The minimum absolute atomic E-state index is 0.000590. The van der Waals surface area contributed by atoms with E-state index in [1.165, 1.54) is 18.2 Å². The van der Waals surface area contributed by atoms with Crippen LogP contribution in [-0.4, -0.2) is 22.1 Å². The van der Waals surface area contributed by atoms with E-state index >= 15 is 0 Å². The summed E-state index contributed by atoms with van der Waals surface area (Å²) in [5, 5.41) is 0. The van der Waals surface area contributed by atoms with Crippen molar-refractivity contribution in [2.24, 2.45) is 11.7 Å². The molecule has 2 N–H and O–H groups in total. The fourth-order valence-electron chi connectivity index (χ4n) is 2.88. The Morgan fingerprint density at radius 1 is 1.14 bits per heavy atom. The van der Waals surface area contributed by atoms with Gasteiger partial charge in [-0.3, -0.25) is 4.98 Å². The van der Waals surface area contributed by atoms with Crippen molar-refractivity contribution in [1.29, 1.82) is 0 Å². The molecule has 0 aliphatic heterocycles. The van der Waals surface area contributed by atoms with Crippen molar-refractivity contribution >= 4 is 0 Å². The number of nitrogens with zero attached hydrogens (tertiary/aromatic N) is 2. The van der Waals surface area contributed by atoms with Gasteiger partial charge in [0.2, 0.25) is 0 Å². The number of nitrogens with two attached hydrogens (primary N) is 1. The Labute approximate surface area is 159 Å². The molecule has 2 rings (SSSR count). The largest absolute Gasteiger partial charge is 0.490 e. The number of pyridine rings is 2. The number of aromatic nitrogens is 2. The van der Waals surface area contributed by atoms with Crippen molar-refractivity contribution in [3.8, 4) is 17.0 Å². The fraction of sp³-hybridized carbons (Fsp3) is 0.474. The lowest BCUT2D eigenvalue weighted by Crippen LogP contribution is -2.43. The third-order valence-electron chi connectivity index (χ3n) is 3.87. The standard InChI is InChI=1S/C19H22F5N3O/c1-11(2)9-18(3,25)10-28-14-5-4-13(27-16(14)17(20)21)12-6-7-26-15(8-12)19(22,23)24/h4-8,11,17H,9-10,25H2,1-3H3/t18-/m0/s1. The van der Waals surface area contributed by atoms with E-state index in [1.54, 1.807) is 6.92 Å². The molecule has 28 heavy (non-hydrogen) atoms. The summed E-state index contributed by atoms with van der Waals surface area (Å²) in [6.07, 6.45) is -6.03. The molecule has 154 valence electrons. The quantitative estimate of drug-likeness (QED) is 0.642. The van der Waals surface area contributed by atoms with Crippen LogP contribution in [0.25, 0.3) is 11.3 Å². The van der Waals surface area contributed by atoms with E-state index in [4.69, 9.17) is 10.5 Å². The van der Waals surface area contributed by atoms with Gasteiger partial charge in [-0.1, -0.05) is 13.8 Å². The number of hydrogen-bond donors (Lipinski definition) is 1. The van der Waals surface area contributed by atoms with Crippen LogP contribution in [0, 0.1) is 5.92 Å². The van der Waals surface area contributed by atoms with Gasteiger partial charge in [0.15, 0.2) is 0 Å². The van der Waals surface area contributed by atoms with Crippen molar-refractivity contribution in [3.63, 3.8) is 0 Å². The lowest BCUT2D eigenvalue weighted by atomic mass is 9.93. The van der Waals surface area contributed by atoms with E-state index < -0.39 is 29.5 Å². The zero-order chi connectivity index (χ0) is 21.1. The van der Waals surface area contributed by atoms with Crippen LogP contribution in [-0.2, 0) is 6.18 Å². The minimum Gasteiger partial charge on any atom is -0.490 e. The van der Waals surface area contributed by atoms with Gasteiger partial charge in [0, 0.05) is 17.3 Å². The van der Waals surface area contributed by atoms with Gasteiger partial charge in [-0.05, 0) is 43.5 Å². The highest BCUT2D eigenvalue weighted by molar-refractivity contribution is 5.60. The molecule has 2 aromatic heterocycles. The van der Waals surface area contributed by atoms with Crippen LogP contribution in [0.2, 0.25) is 0 Å². The van der Waals surface area contributed by atoms with Gasteiger partial charge in [-0.15, -0.1) is 0 Å². The van der Waals surface area contributed by atoms with Crippen LogP contribution in [0.3, 0.4) is 0 Å². The number of rotatable bonds is 7. The maximum atomic E-state index is 13.5. The molecule has 0 fully saturated rings. The number of alkyl halides is 5. The first-order valence-electron chi connectivity index (χ1n) is 8.63. The van der Waals surface area contributed by atoms with Crippen LogP contribution in [0.5, 0.6) is 5.75 Å². The van der Waals surface area contributed by atoms with Gasteiger partial charge in [0.25, 0.3) is 6.43 Å². The van der Waals surface area contributed by atoms with Crippen LogP contribution < -0.4 is 10.5 Å². The molecule has 4 nitrogen and oxygen atoms in total. The SMILES string of the molecule is CC(C)C[C@](C)(N)COc1ccc(-c2ccnc(C(F)(F)F)c2)nc1C(F)F.